The molecule has 0 aliphatic heterocycles. The summed E-state index contributed by atoms with van der Waals surface area (Å²) in [5.41, 5.74) is 3.55. The zero-order valence-corrected chi connectivity index (χ0v) is 12.8. The van der Waals surface area contributed by atoms with Gasteiger partial charge in [0.15, 0.2) is 0 Å². The van der Waals surface area contributed by atoms with Crippen LogP contribution in [0.2, 0.25) is 0 Å². The van der Waals surface area contributed by atoms with E-state index in [-0.39, 0.29) is 4.90 Å². The van der Waals surface area contributed by atoms with E-state index in [1.54, 1.807) is 38.1 Å². The molecule has 3 aromatic rings. The van der Waals surface area contributed by atoms with E-state index in [0.29, 0.717) is 22.2 Å². The summed E-state index contributed by atoms with van der Waals surface area (Å²) in [4.78, 5) is 0.272. The molecule has 0 bridgehead atoms. The fourth-order valence-corrected chi connectivity index (χ4v) is 4.09. The summed E-state index contributed by atoms with van der Waals surface area (Å²) >= 11 is 0. The molecule has 0 aliphatic rings. The SMILES string of the molecule is Cc1cc(C)c(S(=O)(=O)n2nc3ccccc3n2)c(C)c1. The molecule has 6 heteroatoms. The zero-order chi connectivity index (χ0) is 15.2. The van der Waals surface area contributed by atoms with Gasteiger partial charge in [0.1, 0.15) is 11.0 Å². The predicted octanol–water partition coefficient (Wildman–Crippen LogP) is 2.59. The van der Waals surface area contributed by atoms with E-state index in [4.69, 9.17) is 0 Å². The Morgan fingerprint density at radius 3 is 1.86 bits per heavy atom. The average molecular weight is 301 g/mol. The Kier molecular flexibility index (Phi) is 3.06. The Bertz CT molecular complexity index is 886. The van der Waals surface area contributed by atoms with Gasteiger partial charge in [-0.15, -0.1) is 10.2 Å². The smallest absolute Gasteiger partial charge is 0.198 e. The molecule has 0 amide bonds. The van der Waals surface area contributed by atoms with Gasteiger partial charge in [0, 0.05) is 0 Å². The minimum atomic E-state index is -3.78. The van der Waals surface area contributed by atoms with Crippen molar-refractivity contribution < 1.29 is 8.42 Å². The maximum Gasteiger partial charge on any atom is 0.299 e. The summed E-state index contributed by atoms with van der Waals surface area (Å²) in [5.74, 6) is 0. The summed E-state index contributed by atoms with van der Waals surface area (Å²) in [6, 6.07) is 10.8. The number of aromatic nitrogens is 3. The number of hydrogen-bond donors (Lipinski definition) is 0. The van der Waals surface area contributed by atoms with E-state index in [9.17, 15) is 8.42 Å². The Morgan fingerprint density at radius 2 is 1.38 bits per heavy atom. The lowest BCUT2D eigenvalue weighted by Gasteiger charge is -2.10. The lowest BCUT2D eigenvalue weighted by Crippen LogP contribution is -2.18. The summed E-state index contributed by atoms with van der Waals surface area (Å²) in [6.45, 7) is 5.52. The summed E-state index contributed by atoms with van der Waals surface area (Å²) in [7, 11) is -3.78. The third-order valence-corrected chi connectivity index (χ3v) is 5.10. The van der Waals surface area contributed by atoms with Crippen molar-refractivity contribution in [2.24, 2.45) is 0 Å². The summed E-state index contributed by atoms with van der Waals surface area (Å²) in [6.07, 6.45) is 0. The first-order valence-electron chi connectivity index (χ1n) is 6.55. The van der Waals surface area contributed by atoms with E-state index in [1.807, 2.05) is 19.1 Å². The third-order valence-electron chi connectivity index (χ3n) is 3.35. The lowest BCUT2D eigenvalue weighted by molar-refractivity contribution is 0.569. The molecule has 0 saturated heterocycles. The maximum absolute atomic E-state index is 12.8. The second-order valence-electron chi connectivity index (χ2n) is 5.14. The van der Waals surface area contributed by atoms with Crippen LogP contribution in [0, 0.1) is 20.8 Å². The highest BCUT2D eigenvalue weighted by Crippen LogP contribution is 2.24. The van der Waals surface area contributed by atoms with Crippen LogP contribution in [0.4, 0.5) is 0 Å². The Labute approximate surface area is 123 Å². The number of hydrogen-bond acceptors (Lipinski definition) is 4. The molecular formula is C15H15N3O2S. The molecule has 0 unspecified atom stereocenters. The molecule has 2 aromatic carbocycles. The highest BCUT2D eigenvalue weighted by Gasteiger charge is 2.24. The molecule has 0 saturated carbocycles. The van der Waals surface area contributed by atoms with E-state index in [2.05, 4.69) is 10.2 Å². The molecule has 3 rings (SSSR count). The monoisotopic (exact) mass is 301 g/mol. The topological polar surface area (TPSA) is 64.8 Å². The van der Waals surface area contributed by atoms with Crippen molar-refractivity contribution in [1.82, 2.24) is 14.4 Å². The maximum atomic E-state index is 12.8. The molecule has 0 spiro atoms. The Balaban J connectivity index is 2.25. The number of fused-ring (bicyclic) bond motifs is 1. The highest BCUT2D eigenvalue weighted by atomic mass is 32.2. The van der Waals surface area contributed by atoms with Crippen LogP contribution in [0.15, 0.2) is 41.3 Å². The molecule has 0 aliphatic carbocycles. The largest absolute Gasteiger partial charge is 0.299 e. The minimum absolute atomic E-state index is 0.272. The standard InChI is InChI=1S/C15H15N3O2S/c1-10-8-11(2)15(12(3)9-10)21(19,20)18-16-13-6-4-5-7-14(13)17-18/h4-9H,1-3H3. The number of rotatable bonds is 2. The Morgan fingerprint density at radius 1 is 0.905 bits per heavy atom. The fourth-order valence-electron chi connectivity index (χ4n) is 2.60. The fraction of sp³-hybridized carbons (Fsp3) is 0.200. The average Bonchev–Trinajstić information content (AvgIpc) is 2.81. The molecule has 0 fully saturated rings. The van der Waals surface area contributed by atoms with Gasteiger partial charge in [-0.05, 0) is 44.0 Å². The second kappa shape index (κ2) is 4.66. The van der Waals surface area contributed by atoms with Crippen LogP contribution in [0.3, 0.4) is 0 Å². The lowest BCUT2D eigenvalue weighted by atomic mass is 10.1. The van der Waals surface area contributed by atoms with Gasteiger partial charge in [-0.3, -0.25) is 0 Å². The van der Waals surface area contributed by atoms with E-state index >= 15 is 0 Å². The Hall–Kier alpha value is -2.21. The zero-order valence-electron chi connectivity index (χ0n) is 12.0. The van der Waals surface area contributed by atoms with Crippen LogP contribution in [0.25, 0.3) is 11.0 Å². The van der Waals surface area contributed by atoms with Crippen LogP contribution >= 0.6 is 0 Å². The van der Waals surface area contributed by atoms with Gasteiger partial charge < -0.3 is 0 Å². The van der Waals surface area contributed by atoms with Crippen molar-refractivity contribution in [3.05, 3.63) is 53.1 Å². The first-order chi connectivity index (χ1) is 9.89. The van der Waals surface area contributed by atoms with Gasteiger partial charge in [0.2, 0.25) is 0 Å². The molecule has 1 heterocycles. The van der Waals surface area contributed by atoms with Gasteiger partial charge in [-0.25, -0.2) is 0 Å². The van der Waals surface area contributed by atoms with Crippen molar-refractivity contribution in [2.75, 3.05) is 0 Å². The number of benzene rings is 2. The first-order valence-corrected chi connectivity index (χ1v) is 7.99. The van der Waals surface area contributed by atoms with Crippen molar-refractivity contribution in [3.63, 3.8) is 0 Å². The van der Waals surface area contributed by atoms with Gasteiger partial charge >= 0.3 is 0 Å². The van der Waals surface area contributed by atoms with Gasteiger partial charge in [0.25, 0.3) is 10.0 Å². The highest BCUT2D eigenvalue weighted by molar-refractivity contribution is 7.89. The molecular weight excluding hydrogens is 286 g/mol. The third kappa shape index (κ3) is 2.21. The molecule has 108 valence electrons. The minimum Gasteiger partial charge on any atom is -0.198 e. The predicted molar refractivity (Wildman–Crippen MR) is 80.8 cm³/mol. The van der Waals surface area contributed by atoms with Gasteiger partial charge in [0.05, 0.1) is 4.90 Å². The van der Waals surface area contributed by atoms with E-state index < -0.39 is 10.0 Å². The van der Waals surface area contributed by atoms with Crippen LogP contribution in [0.1, 0.15) is 16.7 Å². The molecule has 21 heavy (non-hydrogen) atoms. The van der Waals surface area contributed by atoms with E-state index in [1.165, 1.54) is 0 Å². The molecule has 0 atom stereocenters. The van der Waals surface area contributed by atoms with Crippen molar-refractivity contribution in [3.8, 4) is 0 Å². The molecule has 1 aromatic heterocycles. The van der Waals surface area contributed by atoms with Crippen LogP contribution in [0.5, 0.6) is 0 Å². The quantitative estimate of drug-likeness (QED) is 0.730. The van der Waals surface area contributed by atoms with E-state index in [0.717, 1.165) is 9.77 Å². The first kappa shape index (κ1) is 13.8. The van der Waals surface area contributed by atoms with Crippen LogP contribution < -0.4 is 0 Å². The normalized spacial score (nSPS) is 12.0. The van der Waals surface area contributed by atoms with Gasteiger partial charge in [-0.2, -0.15) is 8.42 Å². The number of nitrogens with zero attached hydrogens (tertiary/aromatic N) is 3. The van der Waals surface area contributed by atoms with Crippen molar-refractivity contribution in [2.45, 2.75) is 25.7 Å². The molecule has 5 nitrogen and oxygen atoms in total. The second-order valence-corrected chi connectivity index (χ2v) is 6.83. The summed E-state index contributed by atoms with van der Waals surface area (Å²) in [5, 5.41) is 8.17. The van der Waals surface area contributed by atoms with Crippen LogP contribution in [-0.4, -0.2) is 22.8 Å². The van der Waals surface area contributed by atoms with Crippen molar-refractivity contribution >= 4 is 21.1 Å². The van der Waals surface area contributed by atoms with Crippen LogP contribution in [-0.2, 0) is 10.0 Å². The molecule has 0 radical (unpaired) electrons. The summed E-state index contributed by atoms with van der Waals surface area (Å²) < 4.78 is 26.4. The number of aryl methyl sites for hydroxylation is 3. The van der Waals surface area contributed by atoms with Crippen molar-refractivity contribution in [1.29, 1.82) is 0 Å². The molecule has 0 N–H and O–H groups in total. The van der Waals surface area contributed by atoms with Gasteiger partial charge in [-0.1, -0.05) is 34.0 Å².